The molecular formula is C21H30N2O4. The molecule has 6 nitrogen and oxygen atoms in total. The van der Waals surface area contributed by atoms with E-state index in [1.54, 1.807) is 23.1 Å². The minimum Gasteiger partial charge on any atom is -0.481 e. The van der Waals surface area contributed by atoms with Gasteiger partial charge in [0.15, 0.2) is 0 Å². The fourth-order valence-electron chi connectivity index (χ4n) is 3.64. The monoisotopic (exact) mass is 374 g/mol. The number of nitrogens with zero attached hydrogens (tertiary/aromatic N) is 1. The Labute approximate surface area is 160 Å². The number of aliphatic carboxylic acids is 1. The van der Waals surface area contributed by atoms with Crippen LogP contribution in [0, 0.1) is 24.2 Å². The number of carbonyl (C=O) groups excluding carboxylic acids is 2. The van der Waals surface area contributed by atoms with Gasteiger partial charge in [0.2, 0.25) is 5.91 Å². The summed E-state index contributed by atoms with van der Waals surface area (Å²) in [5.74, 6) is -1.55. The Morgan fingerprint density at radius 2 is 1.85 bits per heavy atom. The van der Waals surface area contributed by atoms with Crippen molar-refractivity contribution in [1.29, 1.82) is 0 Å². The van der Waals surface area contributed by atoms with Crippen LogP contribution in [0.1, 0.15) is 50.0 Å². The van der Waals surface area contributed by atoms with Gasteiger partial charge in [0.1, 0.15) is 6.04 Å². The molecule has 2 amide bonds. The highest BCUT2D eigenvalue weighted by atomic mass is 16.4. The number of nitrogens with one attached hydrogen (secondary N) is 1. The molecule has 2 atom stereocenters. The summed E-state index contributed by atoms with van der Waals surface area (Å²) < 4.78 is 0. The third-order valence-electron chi connectivity index (χ3n) is 5.64. The molecule has 2 unspecified atom stereocenters. The van der Waals surface area contributed by atoms with Crippen LogP contribution in [0.2, 0.25) is 0 Å². The molecule has 0 bridgehead atoms. The summed E-state index contributed by atoms with van der Waals surface area (Å²) in [6.07, 6.45) is 0.433. The van der Waals surface area contributed by atoms with Crippen molar-refractivity contribution in [3.8, 4) is 0 Å². The van der Waals surface area contributed by atoms with Gasteiger partial charge in [-0.25, -0.2) is 0 Å². The number of rotatable bonds is 6. The SMILES string of the molecule is Cc1cccc(C(=O)NC(C(=O)N2CCC(C(=O)O)(C(C)C)C2)C(C)C)c1. The van der Waals surface area contributed by atoms with Crippen LogP contribution in [-0.2, 0) is 9.59 Å². The minimum atomic E-state index is -0.919. The highest BCUT2D eigenvalue weighted by molar-refractivity contribution is 5.98. The first-order chi connectivity index (χ1) is 12.6. The van der Waals surface area contributed by atoms with Gasteiger partial charge in [0, 0.05) is 18.7 Å². The Balaban J connectivity index is 2.16. The molecule has 1 aromatic rings. The van der Waals surface area contributed by atoms with Crippen molar-refractivity contribution in [3.05, 3.63) is 35.4 Å². The minimum absolute atomic E-state index is 0.0767. The lowest BCUT2D eigenvalue weighted by Crippen LogP contribution is -2.51. The average Bonchev–Trinajstić information content (AvgIpc) is 3.05. The Bertz CT molecular complexity index is 729. The third kappa shape index (κ3) is 4.31. The van der Waals surface area contributed by atoms with Gasteiger partial charge in [-0.3, -0.25) is 14.4 Å². The Morgan fingerprint density at radius 3 is 2.33 bits per heavy atom. The second kappa shape index (κ2) is 8.11. The van der Waals surface area contributed by atoms with Crippen LogP contribution in [-0.4, -0.2) is 46.9 Å². The van der Waals surface area contributed by atoms with Crippen molar-refractivity contribution in [3.63, 3.8) is 0 Å². The summed E-state index contributed by atoms with van der Waals surface area (Å²) in [5, 5.41) is 12.5. The van der Waals surface area contributed by atoms with E-state index in [1.165, 1.54) is 0 Å². The summed E-state index contributed by atoms with van der Waals surface area (Å²) in [6.45, 7) is 9.99. The van der Waals surface area contributed by atoms with E-state index in [4.69, 9.17) is 0 Å². The fraction of sp³-hybridized carbons (Fsp3) is 0.571. The molecule has 0 aliphatic carbocycles. The molecule has 0 aromatic heterocycles. The maximum Gasteiger partial charge on any atom is 0.311 e. The normalized spacial score (nSPS) is 20.8. The van der Waals surface area contributed by atoms with Crippen LogP contribution in [0.15, 0.2) is 24.3 Å². The second-order valence-corrected chi connectivity index (χ2v) is 8.19. The van der Waals surface area contributed by atoms with E-state index in [-0.39, 0.29) is 30.2 Å². The van der Waals surface area contributed by atoms with Gasteiger partial charge in [0.05, 0.1) is 5.41 Å². The number of hydrogen-bond donors (Lipinski definition) is 2. The van der Waals surface area contributed by atoms with E-state index >= 15 is 0 Å². The predicted molar refractivity (Wildman–Crippen MR) is 103 cm³/mol. The van der Waals surface area contributed by atoms with Gasteiger partial charge >= 0.3 is 5.97 Å². The highest BCUT2D eigenvalue weighted by Crippen LogP contribution is 2.38. The topological polar surface area (TPSA) is 86.7 Å². The first kappa shape index (κ1) is 20.9. The number of benzene rings is 1. The lowest BCUT2D eigenvalue weighted by Gasteiger charge is -2.31. The number of amides is 2. The van der Waals surface area contributed by atoms with Gasteiger partial charge in [-0.05, 0) is 37.3 Å². The van der Waals surface area contributed by atoms with Crippen molar-refractivity contribution in [1.82, 2.24) is 10.2 Å². The molecule has 27 heavy (non-hydrogen) atoms. The lowest BCUT2D eigenvalue weighted by molar-refractivity contribution is -0.151. The molecule has 2 N–H and O–H groups in total. The zero-order chi connectivity index (χ0) is 20.4. The summed E-state index contributed by atoms with van der Waals surface area (Å²) in [7, 11) is 0. The van der Waals surface area contributed by atoms with Gasteiger partial charge in [-0.1, -0.05) is 45.4 Å². The number of carboxylic acid groups (broad SMARTS) is 1. The molecule has 0 radical (unpaired) electrons. The van der Waals surface area contributed by atoms with Crippen molar-refractivity contribution in [2.75, 3.05) is 13.1 Å². The quantitative estimate of drug-likeness (QED) is 0.801. The Morgan fingerprint density at radius 1 is 1.19 bits per heavy atom. The summed E-state index contributed by atoms with van der Waals surface area (Å²) in [4.78, 5) is 39.1. The van der Waals surface area contributed by atoms with Gasteiger partial charge < -0.3 is 15.3 Å². The fourth-order valence-corrected chi connectivity index (χ4v) is 3.64. The van der Waals surface area contributed by atoms with E-state index in [0.717, 1.165) is 5.56 Å². The van der Waals surface area contributed by atoms with Crippen LogP contribution in [0.5, 0.6) is 0 Å². The molecular weight excluding hydrogens is 344 g/mol. The van der Waals surface area contributed by atoms with Gasteiger partial charge in [0.25, 0.3) is 5.91 Å². The zero-order valence-corrected chi connectivity index (χ0v) is 16.8. The second-order valence-electron chi connectivity index (χ2n) is 8.19. The van der Waals surface area contributed by atoms with Crippen molar-refractivity contribution < 1.29 is 19.5 Å². The molecule has 1 aliphatic heterocycles. The Kier molecular flexibility index (Phi) is 6.29. The van der Waals surface area contributed by atoms with Crippen molar-refractivity contribution in [2.24, 2.45) is 17.3 Å². The van der Waals surface area contributed by atoms with E-state index < -0.39 is 17.4 Å². The van der Waals surface area contributed by atoms with Crippen LogP contribution in [0.25, 0.3) is 0 Å². The number of aryl methyl sites for hydroxylation is 1. The van der Waals surface area contributed by atoms with Crippen LogP contribution >= 0.6 is 0 Å². The molecule has 148 valence electrons. The summed E-state index contributed by atoms with van der Waals surface area (Å²) in [5.41, 5.74) is 0.562. The maximum absolute atomic E-state index is 13.1. The zero-order valence-electron chi connectivity index (χ0n) is 16.8. The van der Waals surface area contributed by atoms with Gasteiger partial charge in [-0.2, -0.15) is 0 Å². The lowest BCUT2D eigenvalue weighted by atomic mass is 9.76. The van der Waals surface area contributed by atoms with Crippen LogP contribution < -0.4 is 5.32 Å². The standard InChI is InChI=1S/C21H30N2O4/c1-13(2)17(22-18(24)16-8-6-7-15(5)11-16)19(25)23-10-9-21(12-23,14(3)4)20(26)27/h6-8,11,13-14,17H,9-10,12H2,1-5H3,(H,22,24)(H,26,27). The number of carboxylic acids is 1. The predicted octanol–water partition coefficient (Wildman–Crippen LogP) is 2.71. The van der Waals surface area contributed by atoms with Crippen molar-refractivity contribution >= 4 is 17.8 Å². The molecule has 6 heteroatoms. The molecule has 1 aliphatic rings. The van der Waals surface area contributed by atoms with Crippen molar-refractivity contribution in [2.45, 2.75) is 47.1 Å². The Hall–Kier alpha value is -2.37. The van der Waals surface area contributed by atoms with E-state index in [1.807, 2.05) is 40.7 Å². The van der Waals surface area contributed by atoms with E-state index in [2.05, 4.69) is 5.32 Å². The van der Waals surface area contributed by atoms with Crippen LogP contribution in [0.4, 0.5) is 0 Å². The number of likely N-dealkylation sites (tertiary alicyclic amines) is 1. The average molecular weight is 374 g/mol. The molecule has 1 heterocycles. The first-order valence-corrected chi connectivity index (χ1v) is 9.48. The molecule has 2 rings (SSSR count). The van der Waals surface area contributed by atoms with E-state index in [9.17, 15) is 19.5 Å². The van der Waals surface area contributed by atoms with E-state index in [0.29, 0.717) is 18.5 Å². The smallest absolute Gasteiger partial charge is 0.311 e. The summed E-state index contributed by atoms with van der Waals surface area (Å²) in [6, 6.07) is 6.52. The molecule has 0 saturated carbocycles. The number of hydrogen-bond acceptors (Lipinski definition) is 3. The molecule has 0 spiro atoms. The molecule has 1 fully saturated rings. The largest absolute Gasteiger partial charge is 0.481 e. The third-order valence-corrected chi connectivity index (χ3v) is 5.64. The summed E-state index contributed by atoms with van der Waals surface area (Å²) >= 11 is 0. The van der Waals surface area contributed by atoms with Crippen LogP contribution in [0.3, 0.4) is 0 Å². The van der Waals surface area contributed by atoms with Gasteiger partial charge in [-0.15, -0.1) is 0 Å². The maximum atomic E-state index is 13.1. The number of carbonyl (C=O) groups is 3. The molecule has 1 saturated heterocycles. The highest BCUT2D eigenvalue weighted by Gasteiger charge is 2.49. The first-order valence-electron chi connectivity index (χ1n) is 9.48. The molecule has 1 aromatic carbocycles.